The van der Waals surface area contributed by atoms with Gasteiger partial charge in [0.05, 0.1) is 5.25 Å². The number of carbonyl (C=O) groups is 2. The highest BCUT2D eigenvalue weighted by atomic mass is 32.2. The van der Waals surface area contributed by atoms with Crippen molar-refractivity contribution in [2.45, 2.75) is 25.5 Å². The van der Waals surface area contributed by atoms with Gasteiger partial charge in [0.25, 0.3) is 0 Å². The number of benzene rings is 1. The first kappa shape index (κ1) is 13.9. The van der Waals surface area contributed by atoms with Crippen LogP contribution < -0.4 is 10.6 Å². The smallest absolute Gasteiger partial charge is 0.233 e. The zero-order valence-electron chi connectivity index (χ0n) is 11.2. The Morgan fingerprint density at radius 1 is 1.47 bits per heavy atom. The third kappa shape index (κ3) is 3.73. The fraction of sp³-hybridized carbons (Fsp3) is 0.429. The van der Waals surface area contributed by atoms with Gasteiger partial charge in [-0.3, -0.25) is 9.59 Å². The summed E-state index contributed by atoms with van der Waals surface area (Å²) in [6, 6.07) is 5.93. The monoisotopic (exact) mass is 278 g/mol. The van der Waals surface area contributed by atoms with E-state index < -0.39 is 0 Å². The zero-order chi connectivity index (χ0) is 13.8. The van der Waals surface area contributed by atoms with Gasteiger partial charge in [0.1, 0.15) is 0 Å². The van der Waals surface area contributed by atoms with E-state index in [1.807, 2.05) is 32.0 Å². The standard InChI is InChI=1S/C14H18N2O2S/c1-9-3-4-10(2)11(7-9)16-13(17)8-12-14(18)15-5-6-19-12/h3-4,7,12H,5-6,8H2,1-2H3,(H,15,18)(H,16,17). The van der Waals surface area contributed by atoms with Crippen LogP contribution in [0.5, 0.6) is 0 Å². The average Bonchev–Trinajstić information content (AvgIpc) is 2.37. The van der Waals surface area contributed by atoms with E-state index >= 15 is 0 Å². The van der Waals surface area contributed by atoms with Gasteiger partial charge < -0.3 is 10.6 Å². The minimum atomic E-state index is -0.265. The number of rotatable bonds is 3. The van der Waals surface area contributed by atoms with E-state index in [1.54, 1.807) is 11.8 Å². The van der Waals surface area contributed by atoms with E-state index in [9.17, 15) is 9.59 Å². The van der Waals surface area contributed by atoms with E-state index in [0.717, 1.165) is 22.6 Å². The molecule has 0 radical (unpaired) electrons. The second-order valence-corrected chi connectivity index (χ2v) is 6.03. The lowest BCUT2D eigenvalue weighted by atomic mass is 10.1. The predicted molar refractivity (Wildman–Crippen MR) is 78.4 cm³/mol. The number of nitrogens with one attached hydrogen (secondary N) is 2. The summed E-state index contributed by atoms with van der Waals surface area (Å²) in [5.74, 6) is 0.725. The summed E-state index contributed by atoms with van der Waals surface area (Å²) in [5.41, 5.74) is 2.96. The lowest BCUT2D eigenvalue weighted by Crippen LogP contribution is -2.40. The van der Waals surface area contributed by atoms with Crippen LogP contribution >= 0.6 is 11.8 Å². The molecule has 1 aromatic carbocycles. The minimum Gasteiger partial charge on any atom is -0.354 e. The normalized spacial score (nSPS) is 18.8. The summed E-state index contributed by atoms with van der Waals surface area (Å²) in [6.07, 6.45) is 0.226. The Morgan fingerprint density at radius 3 is 3.00 bits per heavy atom. The van der Waals surface area contributed by atoms with Crippen LogP contribution in [0.1, 0.15) is 17.5 Å². The van der Waals surface area contributed by atoms with E-state index in [0.29, 0.717) is 6.54 Å². The van der Waals surface area contributed by atoms with Crippen LogP contribution in [0.15, 0.2) is 18.2 Å². The predicted octanol–water partition coefficient (Wildman–Crippen LogP) is 1.86. The Morgan fingerprint density at radius 2 is 2.26 bits per heavy atom. The first-order valence-corrected chi connectivity index (χ1v) is 7.37. The SMILES string of the molecule is Cc1ccc(C)c(NC(=O)CC2SCCNC2=O)c1. The van der Waals surface area contributed by atoms with Crippen molar-refractivity contribution >= 4 is 29.3 Å². The molecule has 0 saturated carbocycles. The maximum absolute atomic E-state index is 12.0. The van der Waals surface area contributed by atoms with Crippen molar-refractivity contribution in [3.63, 3.8) is 0 Å². The summed E-state index contributed by atoms with van der Waals surface area (Å²) in [7, 11) is 0. The van der Waals surface area contributed by atoms with Gasteiger partial charge in [-0.05, 0) is 31.0 Å². The number of hydrogen-bond donors (Lipinski definition) is 2. The highest BCUT2D eigenvalue weighted by Gasteiger charge is 2.25. The summed E-state index contributed by atoms with van der Waals surface area (Å²) in [6.45, 7) is 4.63. The highest BCUT2D eigenvalue weighted by Crippen LogP contribution is 2.20. The van der Waals surface area contributed by atoms with Gasteiger partial charge in [-0.2, -0.15) is 0 Å². The molecule has 102 valence electrons. The minimum absolute atomic E-state index is 0.0348. The Kier molecular flexibility index (Phi) is 4.47. The molecule has 2 N–H and O–H groups in total. The molecule has 1 aliphatic heterocycles. The largest absolute Gasteiger partial charge is 0.354 e. The Hall–Kier alpha value is -1.49. The van der Waals surface area contributed by atoms with E-state index in [1.165, 1.54) is 0 Å². The van der Waals surface area contributed by atoms with Gasteiger partial charge in [-0.1, -0.05) is 12.1 Å². The number of aryl methyl sites for hydroxylation is 2. The molecule has 1 saturated heterocycles. The van der Waals surface area contributed by atoms with Crippen LogP contribution in [0.2, 0.25) is 0 Å². The first-order valence-electron chi connectivity index (χ1n) is 6.32. The van der Waals surface area contributed by atoms with Crippen molar-refractivity contribution in [3.8, 4) is 0 Å². The molecule has 0 spiro atoms. The molecule has 2 amide bonds. The number of thioether (sulfide) groups is 1. The van der Waals surface area contributed by atoms with Gasteiger partial charge in [0, 0.05) is 24.4 Å². The van der Waals surface area contributed by atoms with Crippen molar-refractivity contribution in [2.75, 3.05) is 17.6 Å². The molecule has 1 aromatic rings. The molecule has 0 aromatic heterocycles. The molecule has 5 heteroatoms. The molecule has 0 bridgehead atoms. The summed E-state index contributed by atoms with van der Waals surface area (Å²) in [5, 5.41) is 5.40. The van der Waals surface area contributed by atoms with Crippen molar-refractivity contribution in [2.24, 2.45) is 0 Å². The van der Waals surface area contributed by atoms with Crippen LogP contribution in [-0.4, -0.2) is 29.4 Å². The maximum Gasteiger partial charge on any atom is 0.233 e. The van der Waals surface area contributed by atoms with Crippen LogP contribution in [-0.2, 0) is 9.59 Å². The maximum atomic E-state index is 12.0. The third-order valence-corrected chi connectivity index (χ3v) is 4.27. The zero-order valence-corrected chi connectivity index (χ0v) is 12.0. The molecule has 19 heavy (non-hydrogen) atoms. The topological polar surface area (TPSA) is 58.2 Å². The van der Waals surface area contributed by atoms with Crippen molar-refractivity contribution < 1.29 is 9.59 Å². The van der Waals surface area contributed by atoms with Crippen LogP contribution in [0.25, 0.3) is 0 Å². The summed E-state index contributed by atoms with van der Waals surface area (Å²) >= 11 is 1.54. The molecule has 1 fully saturated rings. The van der Waals surface area contributed by atoms with Gasteiger partial charge in [0.15, 0.2) is 0 Å². The van der Waals surface area contributed by atoms with Crippen LogP contribution in [0.4, 0.5) is 5.69 Å². The molecule has 1 aliphatic rings. The molecule has 1 unspecified atom stereocenters. The Balaban J connectivity index is 1.97. The number of anilines is 1. The molecule has 0 aliphatic carbocycles. The number of carbonyl (C=O) groups excluding carboxylic acids is 2. The van der Waals surface area contributed by atoms with Gasteiger partial charge in [-0.25, -0.2) is 0 Å². The fourth-order valence-corrected chi connectivity index (χ4v) is 2.97. The quantitative estimate of drug-likeness (QED) is 0.887. The lowest BCUT2D eigenvalue weighted by Gasteiger charge is -2.21. The first-order chi connectivity index (χ1) is 9.06. The summed E-state index contributed by atoms with van der Waals surface area (Å²) < 4.78 is 0. The van der Waals surface area contributed by atoms with Crippen molar-refractivity contribution in [3.05, 3.63) is 29.3 Å². The number of amides is 2. The van der Waals surface area contributed by atoms with E-state index in [4.69, 9.17) is 0 Å². The molecule has 1 heterocycles. The van der Waals surface area contributed by atoms with Crippen LogP contribution in [0, 0.1) is 13.8 Å². The molecular weight excluding hydrogens is 260 g/mol. The molecule has 4 nitrogen and oxygen atoms in total. The van der Waals surface area contributed by atoms with Gasteiger partial charge in [-0.15, -0.1) is 11.8 Å². The summed E-state index contributed by atoms with van der Waals surface area (Å²) in [4.78, 5) is 23.6. The second-order valence-electron chi connectivity index (χ2n) is 4.72. The second kappa shape index (κ2) is 6.10. The highest BCUT2D eigenvalue weighted by molar-refractivity contribution is 8.00. The van der Waals surface area contributed by atoms with Gasteiger partial charge in [0.2, 0.25) is 11.8 Å². The third-order valence-electron chi connectivity index (χ3n) is 3.05. The van der Waals surface area contributed by atoms with Crippen molar-refractivity contribution in [1.29, 1.82) is 0 Å². The van der Waals surface area contributed by atoms with E-state index in [2.05, 4.69) is 10.6 Å². The Labute approximate surface area is 117 Å². The van der Waals surface area contributed by atoms with Crippen LogP contribution in [0.3, 0.4) is 0 Å². The van der Waals surface area contributed by atoms with E-state index in [-0.39, 0.29) is 23.5 Å². The number of hydrogen-bond acceptors (Lipinski definition) is 3. The van der Waals surface area contributed by atoms with Crippen molar-refractivity contribution in [1.82, 2.24) is 5.32 Å². The molecule has 2 rings (SSSR count). The van der Waals surface area contributed by atoms with Gasteiger partial charge >= 0.3 is 0 Å². The lowest BCUT2D eigenvalue weighted by molar-refractivity contribution is -0.123. The molecule has 1 atom stereocenters. The fourth-order valence-electron chi connectivity index (χ4n) is 1.96. The molecular formula is C14H18N2O2S. The average molecular weight is 278 g/mol. The Bertz CT molecular complexity index is 502.